The van der Waals surface area contributed by atoms with Gasteiger partial charge in [0.05, 0.1) is 37.0 Å². The molecule has 4 aromatic rings. The number of unbranched alkanes of at least 4 members (excludes halogenated alkanes) is 1. The molecule has 15 amide bonds. The van der Waals surface area contributed by atoms with Crippen LogP contribution in [0, 0.1) is 36.9 Å². The normalized spacial score (nSPS) is 21.1. The topological polar surface area (TPSA) is 618 Å². The number of halogens is 1. The molecule has 1 unspecified atom stereocenters. The van der Waals surface area contributed by atoms with Crippen LogP contribution in [0.15, 0.2) is 97.1 Å². The fourth-order valence-corrected chi connectivity index (χ4v) is 14.9. The molecule has 0 aliphatic carbocycles. The fourth-order valence-electron chi connectivity index (χ4n) is 12.5. The molecule has 0 bridgehead atoms. The number of phenols is 1. The summed E-state index contributed by atoms with van der Waals surface area (Å²) in [6.45, 7) is -1.35. The number of primary amides is 2. The number of hydrogen-bond donors (Lipinski definition) is 17. The van der Waals surface area contributed by atoms with Crippen LogP contribution in [0.5, 0.6) is 5.75 Å². The number of carbonyl (C=O) groups excluding carboxylic acids is 16. The van der Waals surface area contributed by atoms with Crippen LogP contribution >= 0.6 is 33.2 Å². The van der Waals surface area contributed by atoms with E-state index < -0.39 is 212 Å². The summed E-state index contributed by atoms with van der Waals surface area (Å²) < 4.78 is 0. The molecule has 0 spiro atoms. The van der Waals surface area contributed by atoms with E-state index in [2.05, 4.69) is 58.5 Å². The zero-order valence-electron chi connectivity index (χ0n) is 63.9. The molecule has 3 aliphatic rings. The molecule has 0 radical (unpaired) electrons. The number of nitrogens with one attached hydrogen (secondary N) is 12. The molecule has 40 nitrogen and oxygen atoms in total. The summed E-state index contributed by atoms with van der Waals surface area (Å²) in [4.78, 5) is 225. The summed E-state index contributed by atoms with van der Waals surface area (Å²) in [6.07, 6.45) is -3.23. The zero-order valence-corrected chi connectivity index (χ0v) is 67.9. The van der Waals surface area contributed by atoms with Crippen LogP contribution in [-0.2, 0) is 92.8 Å². The molecule has 646 valence electrons. The number of benzene rings is 4. The molecule has 3 heterocycles. The van der Waals surface area contributed by atoms with Gasteiger partial charge in [-0.3, -0.25) is 77.7 Å². The smallest absolute Gasteiger partial charge is 0.549 e. The standard InChI is InChI=1S/C74H98ClN19O21S2.Lu/c1-41(95)63-72(113)87-57(70(111)83-51(64(77)105)30-45-11-19-49(96)20-12-45)40-117-116-39-56(86-67(108)52(31-42-5-13-46(75)14-6-42)81-59(98)35-91-22-24-92(36-60(99)100)26-28-94(38-62(103)104)29-27-93(25-23-91)37-61(101)102)71(112)85-54(33-43-7-15-47(16-8-43)79-66(107)55-34-58(97)89-74(115)88-55)69(110)84-53(32-44-9-17-48(18-10-44)80-73(78)114)68(109)82-50(65(106)90-63)4-2-3-21-76;/h5-20,41,50-57,63,95-96H,2-4,21-40,76H2,1H3,(H2,77,105)(H,79,107)(H,81,98)(H,82,109)(H,83,111)(H,84,110)(H,85,112)(H,86,108)(H,87,113)(H,90,106)(H,99,100)(H,101,102)(H,103,104)(H3,78,80,114)(H2,88,89,97,115);/q;+3/p-3/t41-,50+,51-,52+,53-,54+,55?,56-,57+,63+;/m1./s1/i;1+2. The minimum atomic E-state index is -1.90. The first-order chi connectivity index (χ1) is 55.6. The summed E-state index contributed by atoms with van der Waals surface area (Å²) in [6, 6.07) is 6.49. The average Bonchev–Trinajstić information content (AvgIpc) is 0.782. The second kappa shape index (κ2) is 48.8. The number of carboxylic acids is 3. The van der Waals surface area contributed by atoms with Crippen molar-refractivity contribution in [2.45, 2.75) is 119 Å². The number of aliphatic hydroxyl groups excluding tert-OH is 1. The van der Waals surface area contributed by atoms with Crippen molar-refractivity contribution in [1.82, 2.24) is 72.8 Å². The van der Waals surface area contributed by atoms with Gasteiger partial charge in [-0.25, -0.2) is 9.59 Å². The Morgan fingerprint density at radius 1 is 0.534 bits per heavy atom. The minimum absolute atomic E-state index is 0. The Kier molecular flexibility index (Phi) is 40.0. The van der Waals surface area contributed by atoms with E-state index in [4.69, 9.17) is 28.8 Å². The van der Waals surface area contributed by atoms with Crippen molar-refractivity contribution in [1.29, 1.82) is 0 Å². The second-order valence-electron chi connectivity index (χ2n) is 28.0. The zero-order chi connectivity index (χ0) is 85.4. The van der Waals surface area contributed by atoms with Gasteiger partial charge in [-0.1, -0.05) is 81.7 Å². The molecule has 118 heavy (non-hydrogen) atoms. The maximum absolute atomic E-state index is 15.6. The summed E-state index contributed by atoms with van der Waals surface area (Å²) in [5.41, 5.74) is 18.8. The molecule has 10 atom stereocenters. The number of aromatic hydroxyl groups is 1. The number of phenolic OH excluding ortho intramolecular Hbond substituents is 1. The van der Waals surface area contributed by atoms with Gasteiger partial charge in [0.15, 0.2) is 0 Å². The van der Waals surface area contributed by atoms with Gasteiger partial charge in [0.2, 0.25) is 65.0 Å². The number of urea groups is 2. The third kappa shape index (κ3) is 33.8. The average molecular weight is 1860 g/mol. The van der Waals surface area contributed by atoms with E-state index in [1.807, 2.05) is 5.32 Å². The molecule has 0 saturated carbocycles. The summed E-state index contributed by atoms with van der Waals surface area (Å²) in [7, 11) is 1.61. The van der Waals surface area contributed by atoms with Gasteiger partial charge in [-0.2, -0.15) is 0 Å². The maximum atomic E-state index is 15.6. The predicted molar refractivity (Wildman–Crippen MR) is 419 cm³/mol. The molecule has 3 fully saturated rings. The molecular weight excluding hydrogens is 1770 g/mol. The van der Waals surface area contributed by atoms with Crippen LogP contribution in [0.2, 0.25) is 5.02 Å². The largest absolute Gasteiger partial charge is 3.00 e. The Hall–Kier alpha value is -10.0. The fraction of sp³-hybridized carbons (Fsp3) is 0.459. The first-order valence-electron chi connectivity index (χ1n) is 37.2. The van der Waals surface area contributed by atoms with Gasteiger partial charge >= 0.3 is 48.9 Å². The van der Waals surface area contributed by atoms with Crippen LogP contribution < -0.4 is 96.3 Å². The van der Waals surface area contributed by atoms with Gasteiger partial charge in [-0.05, 0) is 104 Å². The van der Waals surface area contributed by atoms with Crippen molar-refractivity contribution in [3.63, 3.8) is 0 Å². The van der Waals surface area contributed by atoms with E-state index in [0.29, 0.717) is 23.1 Å². The van der Waals surface area contributed by atoms with Crippen LogP contribution in [-0.4, -0.2) is 282 Å². The number of hydrogen-bond acceptors (Lipinski definition) is 28. The van der Waals surface area contributed by atoms with E-state index in [9.17, 15) is 83.1 Å². The predicted octanol–water partition coefficient (Wildman–Crippen LogP) is -7.92. The minimum Gasteiger partial charge on any atom is -0.549 e. The number of aliphatic hydroxyl groups is 1. The van der Waals surface area contributed by atoms with E-state index in [1.165, 1.54) is 99.6 Å². The van der Waals surface area contributed by atoms with Crippen LogP contribution in [0.3, 0.4) is 0 Å². The van der Waals surface area contributed by atoms with Gasteiger partial charge in [0, 0.05) is 126 Å². The molecule has 4 aromatic carbocycles. The number of anilines is 2. The first kappa shape index (κ1) is 96.8. The number of rotatable bonds is 30. The summed E-state index contributed by atoms with van der Waals surface area (Å²) in [5, 5.41) is 87.7. The number of aliphatic carboxylic acids is 3. The van der Waals surface area contributed by atoms with E-state index >= 15 is 19.2 Å². The third-order valence-electron chi connectivity index (χ3n) is 18.7. The Morgan fingerprint density at radius 3 is 1.47 bits per heavy atom. The summed E-state index contributed by atoms with van der Waals surface area (Å²) in [5.74, 6) is -16.4. The number of imide groups is 1. The van der Waals surface area contributed by atoms with Crippen molar-refractivity contribution >= 4 is 140 Å². The Balaban J connectivity index is 0.0000216. The second-order valence-corrected chi connectivity index (χ2v) is 30.9. The van der Waals surface area contributed by atoms with E-state index in [0.717, 1.165) is 28.5 Å². The van der Waals surface area contributed by atoms with Crippen LogP contribution in [0.1, 0.15) is 54.9 Å². The van der Waals surface area contributed by atoms with Crippen molar-refractivity contribution in [2.24, 2.45) is 17.2 Å². The maximum Gasteiger partial charge on any atom is 3.00 e. The quantitative estimate of drug-likeness (QED) is 0.0170. The molecule has 44 heteroatoms. The summed E-state index contributed by atoms with van der Waals surface area (Å²) >= 11 is 6.31. The molecular formula is C74H95ClLuN19O21S2. The van der Waals surface area contributed by atoms with Gasteiger partial charge in [0.1, 0.15) is 60.1 Å². The molecule has 7 rings (SSSR count). The number of carbonyl (C=O) groups is 16. The number of nitrogens with zero attached hydrogens (tertiary/aromatic N) is 4. The van der Waals surface area contributed by atoms with Crippen LogP contribution in [0.25, 0.3) is 0 Å². The Labute approximate surface area is 719 Å². The van der Waals surface area contributed by atoms with Crippen molar-refractivity contribution in [2.75, 3.05) is 107 Å². The Bertz CT molecular complexity index is 4140. The van der Waals surface area contributed by atoms with Gasteiger partial charge < -0.3 is 116 Å². The van der Waals surface area contributed by atoms with Crippen molar-refractivity contribution in [3.8, 4) is 5.75 Å². The van der Waals surface area contributed by atoms with E-state index in [-0.39, 0.29) is 149 Å². The van der Waals surface area contributed by atoms with Gasteiger partial charge in [-0.15, -0.1) is 0 Å². The number of amides is 15. The molecule has 3 aliphatic heterocycles. The number of carboxylic acid groups (broad SMARTS) is 3. The SMILES string of the molecule is C[C@@H](O)[C@@H]1NC(=O)[C@H](CCCCN)NC(=O)[C@@H](Cc2ccc(NC(N)=O)cc2)NC(=O)[C@H](Cc2ccc(NC(=O)C3CC(=O)NC(=O)N3)cc2)NC(=O)[C@H](NC(=O)[C@H](Cc2ccc(Cl)cc2)NC(=O)CN2CCN(CC(=O)[O-])CCN(CC(=O)[O-])CCN(CC(=O)[O-])CC2)CSSC[C@@H](C(=O)N[C@H](Cc2ccc(O)cc2)C(N)=O)NC1=O.[177Lu+3]. The van der Waals surface area contributed by atoms with Crippen molar-refractivity contribution < 1.29 is 139 Å². The third-order valence-corrected chi connectivity index (χ3v) is 21.4. The molecule has 3 saturated heterocycles. The molecule has 20 N–H and O–H groups in total. The Morgan fingerprint density at radius 2 is 0.992 bits per heavy atom. The van der Waals surface area contributed by atoms with E-state index in [1.54, 1.807) is 17.0 Å². The first-order valence-corrected chi connectivity index (χ1v) is 40.0. The number of nitrogens with two attached hydrogens (primary N) is 3. The monoisotopic (exact) mass is 1860 g/mol. The van der Waals surface area contributed by atoms with Gasteiger partial charge in [0.25, 0.3) is 0 Å². The van der Waals surface area contributed by atoms with Crippen LogP contribution in [0.4, 0.5) is 21.0 Å². The van der Waals surface area contributed by atoms with Crippen molar-refractivity contribution in [3.05, 3.63) is 124 Å². The molecule has 0 aromatic heterocycles.